The van der Waals surface area contributed by atoms with Crippen LogP contribution in [0.15, 0.2) is 35.3 Å². The average Bonchev–Trinajstić information content (AvgIpc) is 2.15. The zero-order valence-corrected chi connectivity index (χ0v) is 7.34. The van der Waals surface area contributed by atoms with Crippen molar-refractivity contribution in [2.75, 3.05) is 0 Å². The van der Waals surface area contributed by atoms with E-state index < -0.39 is 5.97 Å². The van der Waals surface area contributed by atoms with Gasteiger partial charge in [0, 0.05) is 0 Å². The molecule has 0 radical (unpaired) electrons. The maximum Gasteiger partial charge on any atom is 0.346 e. The van der Waals surface area contributed by atoms with Gasteiger partial charge in [0.1, 0.15) is 6.21 Å². The van der Waals surface area contributed by atoms with Crippen LogP contribution in [0.1, 0.15) is 18.5 Å². The summed E-state index contributed by atoms with van der Waals surface area (Å²) in [6.45, 7) is 1.86. The van der Waals surface area contributed by atoms with Crippen LogP contribution in [0, 0.1) is 0 Å². The smallest absolute Gasteiger partial charge is 0.346 e. The largest absolute Gasteiger partial charge is 0.477 e. The molecule has 13 heavy (non-hydrogen) atoms. The van der Waals surface area contributed by atoms with E-state index in [4.69, 9.17) is 5.11 Å². The van der Waals surface area contributed by atoms with Crippen LogP contribution in [-0.4, -0.2) is 17.3 Å². The van der Waals surface area contributed by atoms with Crippen LogP contribution in [0.4, 0.5) is 0 Å². The number of nitrogens with zero attached hydrogens (tertiary/aromatic N) is 1. The zero-order valence-electron chi connectivity index (χ0n) is 7.34. The third-order valence-electron chi connectivity index (χ3n) is 1.69. The molecule has 68 valence electrons. The Morgan fingerprint density at radius 2 is 2.08 bits per heavy atom. The molecule has 1 N–H and O–H groups in total. The summed E-state index contributed by atoms with van der Waals surface area (Å²) < 4.78 is 0. The van der Waals surface area contributed by atoms with Gasteiger partial charge in [-0.05, 0) is 12.5 Å². The average molecular weight is 177 g/mol. The van der Waals surface area contributed by atoms with Crippen molar-refractivity contribution >= 4 is 12.2 Å². The molecular formula is C10H11NO2. The first-order valence-electron chi connectivity index (χ1n) is 4.01. The minimum Gasteiger partial charge on any atom is -0.477 e. The Hall–Kier alpha value is -1.64. The Kier molecular flexibility index (Phi) is 3.20. The molecule has 3 nitrogen and oxygen atoms in total. The molecule has 3 heteroatoms. The number of benzene rings is 1. The van der Waals surface area contributed by atoms with E-state index in [0.29, 0.717) is 0 Å². The number of rotatable bonds is 3. The fraction of sp³-hybridized carbons (Fsp3) is 0.200. The SMILES string of the molecule is C[C@@H](/N=C/C(=O)O)c1ccccc1. The zero-order chi connectivity index (χ0) is 9.68. The maximum absolute atomic E-state index is 10.2. The molecule has 0 amide bonds. The quantitative estimate of drug-likeness (QED) is 0.717. The van der Waals surface area contributed by atoms with Crippen molar-refractivity contribution in [3.63, 3.8) is 0 Å². The number of aliphatic carboxylic acids is 1. The van der Waals surface area contributed by atoms with E-state index in [1.165, 1.54) is 0 Å². The minimum absolute atomic E-state index is 0.0997. The molecule has 1 aromatic carbocycles. The topological polar surface area (TPSA) is 49.7 Å². The number of hydrogen-bond donors (Lipinski definition) is 1. The van der Waals surface area contributed by atoms with Crippen LogP contribution in [-0.2, 0) is 4.79 Å². The summed E-state index contributed by atoms with van der Waals surface area (Å²) in [5.41, 5.74) is 1.01. The second-order valence-corrected chi connectivity index (χ2v) is 2.70. The van der Waals surface area contributed by atoms with Gasteiger partial charge >= 0.3 is 5.97 Å². The van der Waals surface area contributed by atoms with Gasteiger partial charge in [0.05, 0.1) is 6.04 Å². The van der Waals surface area contributed by atoms with Crippen LogP contribution in [0.5, 0.6) is 0 Å². The second kappa shape index (κ2) is 4.40. The van der Waals surface area contributed by atoms with E-state index >= 15 is 0 Å². The lowest BCUT2D eigenvalue weighted by Gasteiger charge is -2.04. The fourth-order valence-electron chi connectivity index (χ4n) is 0.993. The third kappa shape index (κ3) is 3.07. The van der Waals surface area contributed by atoms with E-state index in [-0.39, 0.29) is 6.04 Å². The van der Waals surface area contributed by atoms with E-state index in [1.54, 1.807) is 0 Å². The molecule has 0 saturated carbocycles. The molecule has 1 rings (SSSR count). The van der Waals surface area contributed by atoms with Crippen LogP contribution in [0.2, 0.25) is 0 Å². The second-order valence-electron chi connectivity index (χ2n) is 2.70. The van der Waals surface area contributed by atoms with Crippen LogP contribution in [0.25, 0.3) is 0 Å². The summed E-state index contributed by atoms with van der Waals surface area (Å²) in [5.74, 6) is -1.01. The summed E-state index contributed by atoms with van der Waals surface area (Å²) in [4.78, 5) is 14.1. The lowest BCUT2D eigenvalue weighted by Crippen LogP contribution is -1.98. The van der Waals surface area contributed by atoms with Crippen molar-refractivity contribution in [3.8, 4) is 0 Å². The standard InChI is InChI=1S/C10H11NO2/c1-8(11-7-10(12)13)9-5-3-2-4-6-9/h2-8H,1H3,(H,12,13)/b11-7+/t8-/m1/s1. The number of hydrogen-bond acceptors (Lipinski definition) is 2. The van der Waals surface area contributed by atoms with Gasteiger partial charge in [-0.1, -0.05) is 30.3 Å². The fourth-order valence-corrected chi connectivity index (χ4v) is 0.993. The molecule has 0 unspecified atom stereocenters. The van der Waals surface area contributed by atoms with Gasteiger partial charge in [0.15, 0.2) is 0 Å². The van der Waals surface area contributed by atoms with Gasteiger partial charge in [0.25, 0.3) is 0 Å². The van der Waals surface area contributed by atoms with Crippen LogP contribution in [0.3, 0.4) is 0 Å². The molecule has 1 aromatic rings. The molecule has 0 bridgehead atoms. The van der Waals surface area contributed by atoms with Crippen molar-refractivity contribution < 1.29 is 9.90 Å². The van der Waals surface area contributed by atoms with E-state index in [9.17, 15) is 4.79 Å². The summed E-state index contributed by atoms with van der Waals surface area (Å²) >= 11 is 0. The first-order chi connectivity index (χ1) is 6.20. The summed E-state index contributed by atoms with van der Waals surface area (Å²) in [6.07, 6.45) is 0.928. The molecule has 0 aromatic heterocycles. The Morgan fingerprint density at radius 1 is 1.46 bits per heavy atom. The molecule has 0 spiro atoms. The molecule has 0 fully saturated rings. The van der Waals surface area contributed by atoms with Gasteiger partial charge in [-0.3, -0.25) is 4.99 Å². The Balaban J connectivity index is 2.69. The highest BCUT2D eigenvalue weighted by Gasteiger charge is 2.00. The van der Waals surface area contributed by atoms with Crippen LogP contribution >= 0.6 is 0 Å². The maximum atomic E-state index is 10.2. The lowest BCUT2D eigenvalue weighted by atomic mass is 10.1. The van der Waals surface area contributed by atoms with Gasteiger partial charge in [-0.2, -0.15) is 0 Å². The molecular weight excluding hydrogens is 166 g/mol. The van der Waals surface area contributed by atoms with Crippen molar-refractivity contribution in [1.29, 1.82) is 0 Å². The Morgan fingerprint density at radius 3 is 2.62 bits per heavy atom. The number of aliphatic imine (C=N–C) groups is 1. The molecule has 0 saturated heterocycles. The normalized spacial score (nSPS) is 13.0. The number of carboxylic acid groups (broad SMARTS) is 1. The Labute approximate surface area is 76.7 Å². The van der Waals surface area contributed by atoms with Crippen molar-refractivity contribution in [2.24, 2.45) is 4.99 Å². The highest BCUT2D eigenvalue weighted by molar-refractivity contribution is 6.22. The third-order valence-corrected chi connectivity index (χ3v) is 1.69. The molecule has 0 heterocycles. The van der Waals surface area contributed by atoms with Gasteiger partial charge in [0.2, 0.25) is 0 Å². The molecule has 1 atom stereocenters. The number of carbonyl (C=O) groups is 1. The molecule has 0 aliphatic heterocycles. The molecule has 0 aliphatic rings. The first-order valence-corrected chi connectivity index (χ1v) is 4.01. The summed E-state index contributed by atoms with van der Waals surface area (Å²) in [5, 5.41) is 8.36. The summed E-state index contributed by atoms with van der Waals surface area (Å²) in [6, 6.07) is 9.46. The van der Waals surface area contributed by atoms with Gasteiger partial charge < -0.3 is 5.11 Å². The van der Waals surface area contributed by atoms with Gasteiger partial charge in [-0.25, -0.2) is 4.79 Å². The highest BCUT2D eigenvalue weighted by Crippen LogP contribution is 2.14. The van der Waals surface area contributed by atoms with E-state index in [1.807, 2.05) is 37.3 Å². The van der Waals surface area contributed by atoms with Crippen molar-refractivity contribution in [1.82, 2.24) is 0 Å². The number of carboxylic acids is 1. The van der Waals surface area contributed by atoms with Crippen molar-refractivity contribution in [3.05, 3.63) is 35.9 Å². The lowest BCUT2D eigenvalue weighted by molar-refractivity contribution is -0.128. The van der Waals surface area contributed by atoms with E-state index in [2.05, 4.69) is 4.99 Å². The van der Waals surface area contributed by atoms with Crippen LogP contribution < -0.4 is 0 Å². The Bertz CT molecular complexity index is 306. The van der Waals surface area contributed by atoms with Crippen molar-refractivity contribution in [2.45, 2.75) is 13.0 Å². The predicted molar refractivity (Wildman–Crippen MR) is 51.0 cm³/mol. The highest BCUT2D eigenvalue weighted by atomic mass is 16.4. The summed E-state index contributed by atoms with van der Waals surface area (Å²) in [7, 11) is 0. The predicted octanol–water partition coefficient (Wildman–Crippen LogP) is 1.90. The van der Waals surface area contributed by atoms with Gasteiger partial charge in [-0.15, -0.1) is 0 Å². The first kappa shape index (κ1) is 9.45. The monoisotopic (exact) mass is 177 g/mol. The van der Waals surface area contributed by atoms with E-state index in [0.717, 1.165) is 11.8 Å². The molecule has 0 aliphatic carbocycles. The minimum atomic E-state index is -1.01.